The molecule has 0 aromatic rings. The summed E-state index contributed by atoms with van der Waals surface area (Å²) in [5.41, 5.74) is 0. The summed E-state index contributed by atoms with van der Waals surface area (Å²) in [6.45, 7) is 6.23. The van der Waals surface area contributed by atoms with Gasteiger partial charge in [-0.05, 0) is 116 Å². The molecule has 1 atom stereocenters. The third-order valence-corrected chi connectivity index (χ3v) is 12.1. The highest BCUT2D eigenvalue weighted by atomic mass is 16.6. The van der Waals surface area contributed by atoms with E-state index in [4.69, 9.17) is 14.2 Å². The van der Waals surface area contributed by atoms with Crippen molar-refractivity contribution in [2.75, 3.05) is 13.2 Å². The van der Waals surface area contributed by atoms with Crippen LogP contribution in [0.1, 0.15) is 252 Å². The van der Waals surface area contributed by atoms with Gasteiger partial charge in [-0.25, -0.2) is 0 Å². The molecule has 6 nitrogen and oxygen atoms in total. The van der Waals surface area contributed by atoms with Crippen LogP contribution >= 0.6 is 0 Å². The molecule has 0 N–H and O–H groups in total. The molecule has 0 rings (SSSR count). The van der Waals surface area contributed by atoms with Crippen LogP contribution in [0.2, 0.25) is 0 Å². The minimum absolute atomic E-state index is 0.109. The van der Waals surface area contributed by atoms with E-state index in [2.05, 4.69) is 148 Å². The number of hydrogen-bond acceptors (Lipinski definition) is 6. The minimum atomic E-state index is -0.818. The highest BCUT2D eigenvalue weighted by molar-refractivity contribution is 5.71. The standard InChI is InChI=1S/C67H108O6/c1-4-7-10-13-16-19-22-25-27-29-30-31-32-33-34-35-36-38-39-42-45-48-51-54-57-60-66(69)72-63-64(62-71-65(68)59-56-53-50-47-44-41-24-21-18-15-12-9-6-3)73-67(70)61-58-55-52-49-46-43-40-37-28-26-23-20-17-14-11-8-5-2/h7-12,16-21,25-28,30-31,41,44,50,53,64H,4-6,13-15,22-24,29,32-40,42-43,45-49,51-52,54-63H2,1-3H3/b10-7-,11-8-,12-9-,19-16-,20-17-,21-18-,27-25-,28-26-,31-30-,44-41-,53-50-. The zero-order valence-electron chi connectivity index (χ0n) is 47.1. The average Bonchev–Trinajstić information content (AvgIpc) is 3.39. The number of carbonyl (C=O) groups is 3. The van der Waals surface area contributed by atoms with Crippen molar-refractivity contribution >= 4 is 17.9 Å². The van der Waals surface area contributed by atoms with Crippen molar-refractivity contribution in [2.24, 2.45) is 0 Å². The van der Waals surface area contributed by atoms with Crippen LogP contribution < -0.4 is 0 Å². The van der Waals surface area contributed by atoms with E-state index in [0.717, 1.165) is 122 Å². The lowest BCUT2D eigenvalue weighted by Crippen LogP contribution is -2.30. The summed E-state index contributed by atoms with van der Waals surface area (Å²) in [6.07, 6.45) is 84.7. The van der Waals surface area contributed by atoms with Crippen molar-refractivity contribution in [3.63, 3.8) is 0 Å². The van der Waals surface area contributed by atoms with Crippen molar-refractivity contribution in [2.45, 2.75) is 258 Å². The maximum atomic E-state index is 12.9. The fraction of sp³-hybridized carbons (Fsp3) is 0.627. The summed E-state index contributed by atoms with van der Waals surface area (Å²) in [4.78, 5) is 38.2. The lowest BCUT2D eigenvalue weighted by atomic mass is 10.0. The average molecular weight is 1010 g/mol. The van der Waals surface area contributed by atoms with Crippen LogP contribution in [-0.4, -0.2) is 37.2 Å². The monoisotopic (exact) mass is 1010 g/mol. The number of carbonyl (C=O) groups excluding carboxylic acids is 3. The van der Waals surface area contributed by atoms with Gasteiger partial charge in [0, 0.05) is 19.3 Å². The van der Waals surface area contributed by atoms with Crippen LogP contribution in [0.5, 0.6) is 0 Å². The Labute approximate surface area is 449 Å². The predicted octanol–water partition coefficient (Wildman–Crippen LogP) is 20.2. The number of unbranched alkanes of at least 4 members (excludes halogenated alkanes) is 19. The summed E-state index contributed by atoms with van der Waals surface area (Å²) in [5.74, 6) is -1.01. The molecule has 0 heterocycles. The quantitative estimate of drug-likeness (QED) is 0.0261. The molecule has 1 unspecified atom stereocenters. The fourth-order valence-corrected chi connectivity index (χ4v) is 7.81. The molecule has 0 radical (unpaired) electrons. The molecular weight excluding hydrogens is 901 g/mol. The van der Waals surface area contributed by atoms with Gasteiger partial charge in [-0.3, -0.25) is 14.4 Å². The lowest BCUT2D eigenvalue weighted by Gasteiger charge is -2.18. The summed E-state index contributed by atoms with van der Waals surface area (Å²) >= 11 is 0. The third-order valence-electron chi connectivity index (χ3n) is 12.1. The zero-order valence-corrected chi connectivity index (χ0v) is 47.1. The molecule has 0 spiro atoms. The van der Waals surface area contributed by atoms with E-state index >= 15 is 0 Å². The number of hydrogen-bond donors (Lipinski definition) is 0. The second kappa shape index (κ2) is 60.1. The van der Waals surface area contributed by atoms with Gasteiger partial charge in [0.1, 0.15) is 13.2 Å². The summed E-state index contributed by atoms with van der Waals surface area (Å²) < 4.78 is 16.8. The molecule has 0 amide bonds. The van der Waals surface area contributed by atoms with E-state index in [1.807, 2.05) is 6.08 Å². The van der Waals surface area contributed by atoms with Crippen LogP contribution in [0.3, 0.4) is 0 Å². The Balaban J connectivity index is 4.38. The smallest absolute Gasteiger partial charge is 0.306 e. The first-order chi connectivity index (χ1) is 36.0. The second-order valence-corrected chi connectivity index (χ2v) is 19.1. The van der Waals surface area contributed by atoms with Gasteiger partial charge in [-0.15, -0.1) is 0 Å². The maximum absolute atomic E-state index is 12.9. The van der Waals surface area contributed by atoms with Gasteiger partial charge in [-0.2, -0.15) is 0 Å². The van der Waals surface area contributed by atoms with Crippen LogP contribution in [-0.2, 0) is 28.6 Å². The van der Waals surface area contributed by atoms with E-state index in [0.29, 0.717) is 19.3 Å². The molecule has 0 fully saturated rings. The summed E-state index contributed by atoms with van der Waals surface area (Å²) in [5, 5.41) is 0. The fourth-order valence-electron chi connectivity index (χ4n) is 7.81. The van der Waals surface area contributed by atoms with Crippen molar-refractivity contribution in [1.29, 1.82) is 0 Å². The van der Waals surface area contributed by atoms with Crippen molar-refractivity contribution in [3.05, 3.63) is 134 Å². The molecule has 73 heavy (non-hydrogen) atoms. The molecule has 0 saturated heterocycles. The first-order valence-electron chi connectivity index (χ1n) is 29.7. The SMILES string of the molecule is CC/C=C\C/C=C\C/C=C\C/C=C\CCCCCCCCCCCCCCC(=O)OCC(COC(=O)CC/C=C\C/C=C\C/C=C\C/C=C\CC)OC(=O)CCCCCCCCC/C=C\C/C=C\C/C=C\CC. The predicted molar refractivity (Wildman–Crippen MR) is 316 cm³/mol. The van der Waals surface area contributed by atoms with Gasteiger partial charge in [-0.1, -0.05) is 251 Å². The molecular formula is C67H108O6. The molecule has 0 saturated carbocycles. The Hall–Kier alpha value is -4.45. The van der Waals surface area contributed by atoms with E-state index in [1.54, 1.807) is 0 Å². The van der Waals surface area contributed by atoms with Crippen LogP contribution in [0.15, 0.2) is 134 Å². The number of ether oxygens (including phenoxy) is 3. The Morgan fingerprint density at radius 2 is 0.521 bits per heavy atom. The number of esters is 3. The Morgan fingerprint density at radius 1 is 0.274 bits per heavy atom. The van der Waals surface area contributed by atoms with Crippen molar-refractivity contribution in [1.82, 2.24) is 0 Å². The highest BCUT2D eigenvalue weighted by Crippen LogP contribution is 2.15. The molecule has 6 heteroatoms. The molecule has 0 aliphatic heterocycles. The first-order valence-corrected chi connectivity index (χ1v) is 29.7. The third kappa shape index (κ3) is 58.3. The van der Waals surface area contributed by atoms with Gasteiger partial charge < -0.3 is 14.2 Å². The van der Waals surface area contributed by atoms with Gasteiger partial charge in [0.25, 0.3) is 0 Å². The highest BCUT2D eigenvalue weighted by Gasteiger charge is 2.19. The lowest BCUT2D eigenvalue weighted by molar-refractivity contribution is -0.166. The first kappa shape index (κ1) is 68.6. The second-order valence-electron chi connectivity index (χ2n) is 19.1. The van der Waals surface area contributed by atoms with Crippen LogP contribution in [0, 0.1) is 0 Å². The molecule has 0 bridgehead atoms. The topological polar surface area (TPSA) is 78.9 Å². The van der Waals surface area contributed by atoms with Crippen molar-refractivity contribution < 1.29 is 28.6 Å². The van der Waals surface area contributed by atoms with E-state index < -0.39 is 6.10 Å². The molecule has 0 aliphatic carbocycles. The normalized spacial score (nSPS) is 13.1. The Bertz CT molecular complexity index is 1580. The summed E-state index contributed by atoms with van der Waals surface area (Å²) in [6, 6.07) is 0. The molecule has 0 aliphatic rings. The largest absolute Gasteiger partial charge is 0.462 e. The van der Waals surface area contributed by atoms with E-state index in [-0.39, 0.29) is 37.5 Å². The number of allylic oxidation sites excluding steroid dienone is 22. The van der Waals surface area contributed by atoms with Gasteiger partial charge in [0.2, 0.25) is 0 Å². The van der Waals surface area contributed by atoms with Crippen molar-refractivity contribution in [3.8, 4) is 0 Å². The van der Waals surface area contributed by atoms with Crippen LogP contribution in [0.25, 0.3) is 0 Å². The van der Waals surface area contributed by atoms with Gasteiger partial charge in [0.15, 0.2) is 6.10 Å². The summed E-state index contributed by atoms with van der Waals surface area (Å²) in [7, 11) is 0. The minimum Gasteiger partial charge on any atom is -0.462 e. The van der Waals surface area contributed by atoms with Gasteiger partial charge in [0.05, 0.1) is 0 Å². The van der Waals surface area contributed by atoms with E-state index in [9.17, 15) is 14.4 Å². The van der Waals surface area contributed by atoms with E-state index in [1.165, 1.54) is 83.5 Å². The number of rotatable bonds is 52. The molecule has 412 valence electrons. The zero-order chi connectivity index (χ0) is 52.9. The Morgan fingerprint density at radius 3 is 0.849 bits per heavy atom. The molecule has 0 aromatic heterocycles. The van der Waals surface area contributed by atoms with Gasteiger partial charge >= 0.3 is 17.9 Å². The van der Waals surface area contributed by atoms with Crippen LogP contribution in [0.4, 0.5) is 0 Å². The maximum Gasteiger partial charge on any atom is 0.306 e. The Kier molecular flexibility index (Phi) is 56.4. The molecule has 0 aromatic carbocycles.